The Kier molecular flexibility index (Phi) is 1.98. The highest BCUT2D eigenvalue weighted by Gasteiger charge is 1.97. The summed E-state index contributed by atoms with van der Waals surface area (Å²) in [4.78, 5) is 0. The lowest BCUT2D eigenvalue weighted by atomic mass is 10.1. The maximum absolute atomic E-state index is 8.94. The van der Waals surface area contributed by atoms with Gasteiger partial charge in [0, 0.05) is 11.8 Å². The lowest BCUT2D eigenvalue weighted by molar-refractivity contribution is 0.475. The molecule has 0 heterocycles. The van der Waals surface area contributed by atoms with Crippen LogP contribution in [0, 0.1) is 11.3 Å². The fourth-order valence-electron chi connectivity index (χ4n) is 0.828. The quantitative estimate of drug-likeness (QED) is 0.584. The average molecular weight is 148 g/mol. The fraction of sp³-hybridized carbons (Fsp3) is 0.125. The van der Waals surface area contributed by atoms with Gasteiger partial charge in [0.1, 0.15) is 5.75 Å². The second-order valence-electron chi connectivity index (χ2n) is 2.22. The standard InChI is InChI=1S/C8H8N2O/c9-4-3-6-1-2-7(11)5-8(6)10/h1-2,5,11H,3,10H2. The summed E-state index contributed by atoms with van der Waals surface area (Å²) in [5.41, 5.74) is 6.72. The summed E-state index contributed by atoms with van der Waals surface area (Å²) in [6, 6.07) is 6.58. The second kappa shape index (κ2) is 2.93. The summed E-state index contributed by atoms with van der Waals surface area (Å²) in [6.07, 6.45) is 0.284. The van der Waals surface area contributed by atoms with Crippen LogP contribution in [0.4, 0.5) is 5.69 Å². The van der Waals surface area contributed by atoms with Crippen LogP contribution in [0.5, 0.6) is 5.75 Å². The number of nitriles is 1. The van der Waals surface area contributed by atoms with Crippen LogP contribution in [0.25, 0.3) is 0 Å². The molecule has 0 unspecified atom stereocenters. The molecular weight excluding hydrogens is 140 g/mol. The van der Waals surface area contributed by atoms with Crippen molar-refractivity contribution >= 4 is 5.69 Å². The Morgan fingerprint density at radius 1 is 1.55 bits per heavy atom. The van der Waals surface area contributed by atoms with E-state index in [1.54, 1.807) is 6.07 Å². The number of rotatable bonds is 1. The number of aromatic hydroxyl groups is 1. The highest BCUT2D eigenvalue weighted by atomic mass is 16.3. The van der Waals surface area contributed by atoms with Gasteiger partial charge in [0.25, 0.3) is 0 Å². The first-order chi connectivity index (χ1) is 5.24. The molecule has 1 aromatic rings. The van der Waals surface area contributed by atoms with E-state index >= 15 is 0 Å². The molecule has 0 radical (unpaired) electrons. The van der Waals surface area contributed by atoms with Crippen LogP contribution in [0.15, 0.2) is 18.2 Å². The monoisotopic (exact) mass is 148 g/mol. The van der Waals surface area contributed by atoms with Crippen molar-refractivity contribution in [1.82, 2.24) is 0 Å². The van der Waals surface area contributed by atoms with Crippen molar-refractivity contribution in [1.29, 1.82) is 5.26 Å². The first-order valence-corrected chi connectivity index (χ1v) is 3.18. The third-order valence-corrected chi connectivity index (χ3v) is 1.40. The highest BCUT2D eigenvalue weighted by molar-refractivity contribution is 5.51. The number of nitrogens with two attached hydrogens (primary N) is 1. The van der Waals surface area contributed by atoms with E-state index < -0.39 is 0 Å². The highest BCUT2D eigenvalue weighted by Crippen LogP contribution is 2.18. The molecule has 0 bridgehead atoms. The van der Waals surface area contributed by atoms with Crippen molar-refractivity contribution in [2.75, 3.05) is 5.73 Å². The van der Waals surface area contributed by atoms with Crippen LogP contribution in [0.2, 0.25) is 0 Å². The zero-order valence-electron chi connectivity index (χ0n) is 5.91. The SMILES string of the molecule is N#CCc1ccc(O)cc1N. The van der Waals surface area contributed by atoms with Gasteiger partial charge in [-0.3, -0.25) is 0 Å². The first-order valence-electron chi connectivity index (χ1n) is 3.18. The normalized spacial score (nSPS) is 9.00. The molecule has 3 heteroatoms. The van der Waals surface area contributed by atoms with Crippen molar-refractivity contribution in [3.8, 4) is 11.8 Å². The van der Waals surface area contributed by atoms with E-state index in [9.17, 15) is 0 Å². The van der Waals surface area contributed by atoms with Gasteiger partial charge < -0.3 is 10.8 Å². The summed E-state index contributed by atoms with van der Waals surface area (Å²) >= 11 is 0. The number of benzene rings is 1. The molecule has 0 aliphatic carbocycles. The van der Waals surface area contributed by atoms with E-state index in [0.717, 1.165) is 5.56 Å². The van der Waals surface area contributed by atoms with Crippen molar-refractivity contribution in [3.63, 3.8) is 0 Å². The number of nitrogen functional groups attached to an aromatic ring is 1. The van der Waals surface area contributed by atoms with Gasteiger partial charge in [-0.15, -0.1) is 0 Å². The van der Waals surface area contributed by atoms with Crippen molar-refractivity contribution in [3.05, 3.63) is 23.8 Å². The van der Waals surface area contributed by atoms with E-state index in [1.165, 1.54) is 12.1 Å². The molecule has 56 valence electrons. The molecule has 0 atom stereocenters. The zero-order chi connectivity index (χ0) is 8.27. The summed E-state index contributed by atoms with van der Waals surface area (Å²) in [6.45, 7) is 0. The molecule has 1 aromatic carbocycles. The number of nitrogens with zero attached hydrogens (tertiary/aromatic N) is 1. The molecular formula is C8H8N2O. The summed E-state index contributed by atoms with van der Waals surface area (Å²) in [7, 11) is 0. The van der Waals surface area contributed by atoms with Gasteiger partial charge in [-0.1, -0.05) is 6.07 Å². The minimum atomic E-state index is 0.129. The minimum Gasteiger partial charge on any atom is -0.508 e. The maximum Gasteiger partial charge on any atom is 0.117 e. The number of phenolic OH excluding ortho intramolecular Hbond substituents is 1. The molecule has 3 nitrogen and oxygen atoms in total. The molecule has 0 saturated carbocycles. The van der Waals surface area contributed by atoms with Gasteiger partial charge in [0.05, 0.1) is 12.5 Å². The summed E-state index contributed by atoms with van der Waals surface area (Å²) in [5, 5.41) is 17.3. The predicted molar refractivity (Wildman–Crippen MR) is 41.8 cm³/mol. The van der Waals surface area contributed by atoms with E-state index in [1.807, 2.05) is 6.07 Å². The van der Waals surface area contributed by atoms with E-state index in [-0.39, 0.29) is 12.2 Å². The molecule has 0 fully saturated rings. The molecule has 0 spiro atoms. The molecule has 0 aliphatic heterocycles. The van der Waals surface area contributed by atoms with E-state index in [4.69, 9.17) is 16.1 Å². The van der Waals surface area contributed by atoms with Gasteiger partial charge in [0.15, 0.2) is 0 Å². The summed E-state index contributed by atoms with van der Waals surface area (Å²) in [5.74, 6) is 0.129. The average Bonchev–Trinajstić information content (AvgIpc) is 1.95. The minimum absolute atomic E-state index is 0.129. The third-order valence-electron chi connectivity index (χ3n) is 1.40. The smallest absolute Gasteiger partial charge is 0.117 e. The van der Waals surface area contributed by atoms with Crippen molar-refractivity contribution < 1.29 is 5.11 Å². The topological polar surface area (TPSA) is 70.0 Å². The fourth-order valence-corrected chi connectivity index (χ4v) is 0.828. The van der Waals surface area contributed by atoms with E-state index in [0.29, 0.717) is 5.69 Å². The molecule has 3 N–H and O–H groups in total. The lowest BCUT2D eigenvalue weighted by Crippen LogP contribution is -1.91. The number of phenols is 1. The largest absolute Gasteiger partial charge is 0.508 e. The molecule has 11 heavy (non-hydrogen) atoms. The Morgan fingerprint density at radius 3 is 2.82 bits per heavy atom. The third kappa shape index (κ3) is 1.62. The Balaban J connectivity index is 3.01. The molecule has 0 amide bonds. The Morgan fingerprint density at radius 2 is 2.27 bits per heavy atom. The van der Waals surface area contributed by atoms with Crippen LogP contribution < -0.4 is 5.73 Å². The number of hydrogen-bond acceptors (Lipinski definition) is 3. The van der Waals surface area contributed by atoms with Gasteiger partial charge in [-0.2, -0.15) is 5.26 Å². The first kappa shape index (κ1) is 7.42. The lowest BCUT2D eigenvalue weighted by Gasteiger charge is -2.00. The van der Waals surface area contributed by atoms with Crippen LogP contribution in [0.1, 0.15) is 5.56 Å². The van der Waals surface area contributed by atoms with Crippen LogP contribution in [0.3, 0.4) is 0 Å². The predicted octanol–water partition coefficient (Wildman–Crippen LogP) is 1.04. The maximum atomic E-state index is 8.94. The van der Waals surface area contributed by atoms with Crippen LogP contribution >= 0.6 is 0 Å². The molecule has 0 saturated heterocycles. The Hall–Kier alpha value is -1.69. The van der Waals surface area contributed by atoms with Gasteiger partial charge in [-0.05, 0) is 11.6 Å². The van der Waals surface area contributed by atoms with Gasteiger partial charge >= 0.3 is 0 Å². The Labute approximate surface area is 64.7 Å². The number of hydrogen-bond donors (Lipinski definition) is 2. The van der Waals surface area contributed by atoms with Crippen molar-refractivity contribution in [2.24, 2.45) is 0 Å². The second-order valence-corrected chi connectivity index (χ2v) is 2.22. The van der Waals surface area contributed by atoms with Crippen molar-refractivity contribution in [2.45, 2.75) is 6.42 Å². The van der Waals surface area contributed by atoms with Crippen LogP contribution in [-0.4, -0.2) is 5.11 Å². The summed E-state index contributed by atoms with van der Waals surface area (Å²) < 4.78 is 0. The molecule has 0 aliphatic rings. The van der Waals surface area contributed by atoms with Crippen LogP contribution in [-0.2, 0) is 6.42 Å². The van der Waals surface area contributed by atoms with Gasteiger partial charge in [-0.25, -0.2) is 0 Å². The van der Waals surface area contributed by atoms with Gasteiger partial charge in [0.2, 0.25) is 0 Å². The zero-order valence-corrected chi connectivity index (χ0v) is 5.91. The Bertz CT molecular complexity index is 301. The molecule has 0 aromatic heterocycles. The number of anilines is 1. The molecule has 1 rings (SSSR count). The van der Waals surface area contributed by atoms with E-state index in [2.05, 4.69) is 0 Å².